The molecular weight excluding hydrogens is 512 g/mol. The van der Waals surface area contributed by atoms with Crippen molar-refractivity contribution in [2.24, 2.45) is 11.8 Å². The van der Waals surface area contributed by atoms with Gasteiger partial charge in [-0.1, -0.05) is 26.0 Å². The average molecular weight is 557 g/mol. The number of ether oxygens (including phenoxy) is 6. The Bertz CT molecular complexity index is 885. The molecule has 0 amide bonds. The molecule has 2 heterocycles. The van der Waals surface area contributed by atoms with Crippen molar-refractivity contribution < 1.29 is 52.7 Å². The minimum Gasteiger partial charge on any atom is -0.464 e. The highest BCUT2D eigenvalue weighted by Gasteiger charge is 2.52. The lowest BCUT2D eigenvalue weighted by Gasteiger charge is -2.52. The molecule has 0 saturated carbocycles. The molecule has 0 aromatic heterocycles. The topological polar surface area (TPSA) is 144 Å². The molecule has 8 atom stereocenters. The predicted octanol–water partition coefficient (Wildman–Crippen LogP) is 2.65. The maximum absolute atomic E-state index is 11.8. The third kappa shape index (κ3) is 10.3. The highest BCUT2D eigenvalue weighted by molar-refractivity contribution is 5.70. The molecule has 2 fully saturated rings. The second-order valence-electron chi connectivity index (χ2n) is 11.1. The van der Waals surface area contributed by atoms with Gasteiger partial charge in [-0.15, -0.1) is 0 Å². The second-order valence-corrected chi connectivity index (χ2v) is 11.1. The van der Waals surface area contributed by atoms with Crippen molar-refractivity contribution in [2.45, 2.75) is 109 Å². The molecule has 0 radical (unpaired) electrons. The summed E-state index contributed by atoms with van der Waals surface area (Å²) >= 11 is 0. The van der Waals surface area contributed by atoms with Crippen LogP contribution in [-0.2, 0) is 47.6 Å². The number of aliphatic hydroxyl groups is 1. The van der Waals surface area contributed by atoms with Crippen molar-refractivity contribution in [1.82, 2.24) is 0 Å². The standard InChI is InChI=1S/C28H44O11/c1-17(19(3)26(18(2)14-29)37-21(5)31)10-24-12-27(6,33)16-28(39-24)13-23(36-20(4)30)11-22(38-28)8-9-35-25(32)15-34-7/h14,18-19,22-24,26,33H,1,8-13,15-16H2,2-7H3/t18-,19-,22+,23+,24+,26-,27+,28-/m1/s1. The summed E-state index contributed by atoms with van der Waals surface area (Å²) in [4.78, 5) is 46.6. The summed E-state index contributed by atoms with van der Waals surface area (Å²) in [7, 11) is 1.40. The molecule has 1 N–H and O–H groups in total. The zero-order chi connectivity index (χ0) is 29.4. The first-order chi connectivity index (χ1) is 18.2. The fraction of sp³-hybridized carbons (Fsp3) is 0.786. The quantitative estimate of drug-likeness (QED) is 0.155. The van der Waals surface area contributed by atoms with Gasteiger partial charge in [0.1, 0.15) is 25.1 Å². The minimum absolute atomic E-state index is 0.0797. The molecule has 0 aromatic carbocycles. The van der Waals surface area contributed by atoms with Crippen molar-refractivity contribution >= 4 is 24.2 Å². The largest absolute Gasteiger partial charge is 0.464 e. The van der Waals surface area contributed by atoms with E-state index >= 15 is 0 Å². The fourth-order valence-corrected chi connectivity index (χ4v) is 5.57. The fourth-order valence-electron chi connectivity index (χ4n) is 5.57. The first kappa shape index (κ1) is 32.9. The van der Waals surface area contributed by atoms with E-state index < -0.39 is 59.6 Å². The Labute approximate surface area is 230 Å². The number of carbonyl (C=O) groups is 4. The van der Waals surface area contributed by atoms with Gasteiger partial charge in [0.25, 0.3) is 0 Å². The van der Waals surface area contributed by atoms with Crippen LogP contribution in [-0.4, -0.2) is 85.4 Å². The van der Waals surface area contributed by atoms with Gasteiger partial charge in [-0.3, -0.25) is 9.59 Å². The van der Waals surface area contributed by atoms with Crippen LogP contribution in [0.5, 0.6) is 0 Å². The molecule has 2 rings (SSSR count). The molecule has 11 heteroatoms. The molecule has 11 nitrogen and oxygen atoms in total. The summed E-state index contributed by atoms with van der Waals surface area (Å²) in [5.41, 5.74) is -0.465. The Morgan fingerprint density at radius 2 is 1.79 bits per heavy atom. The van der Waals surface area contributed by atoms with Crippen molar-refractivity contribution in [3.63, 3.8) is 0 Å². The molecule has 0 aromatic rings. The lowest BCUT2D eigenvalue weighted by Crippen LogP contribution is -2.58. The molecule has 222 valence electrons. The lowest BCUT2D eigenvalue weighted by molar-refractivity contribution is -0.350. The highest BCUT2D eigenvalue weighted by atomic mass is 16.7. The Morgan fingerprint density at radius 3 is 2.38 bits per heavy atom. The van der Waals surface area contributed by atoms with E-state index in [1.807, 2.05) is 6.92 Å². The summed E-state index contributed by atoms with van der Waals surface area (Å²) < 4.78 is 33.8. The van der Waals surface area contributed by atoms with E-state index in [-0.39, 0.29) is 32.0 Å². The molecule has 0 aliphatic carbocycles. The van der Waals surface area contributed by atoms with Gasteiger partial charge in [0.05, 0.1) is 24.4 Å². The van der Waals surface area contributed by atoms with E-state index in [0.29, 0.717) is 31.3 Å². The average Bonchev–Trinajstić information content (AvgIpc) is 2.79. The van der Waals surface area contributed by atoms with E-state index in [4.69, 9.17) is 28.4 Å². The van der Waals surface area contributed by atoms with Gasteiger partial charge >= 0.3 is 17.9 Å². The summed E-state index contributed by atoms with van der Waals surface area (Å²) in [5, 5.41) is 11.2. The van der Waals surface area contributed by atoms with Crippen molar-refractivity contribution in [2.75, 3.05) is 20.3 Å². The van der Waals surface area contributed by atoms with Crippen LogP contribution in [0.3, 0.4) is 0 Å². The molecule has 0 unspecified atom stereocenters. The number of rotatable bonds is 13. The van der Waals surface area contributed by atoms with Gasteiger partial charge in [-0.05, 0) is 13.3 Å². The molecular formula is C28H44O11. The van der Waals surface area contributed by atoms with E-state index in [1.165, 1.54) is 21.0 Å². The van der Waals surface area contributed by atoms with Crippen molar-refractivity contribution in [3.8, 4) is 0 Å². The monoisotopic (exact) mass is 556 g/mol. The maximum atomic E-state index is 11.8. The van der Waals surface area contributed by atoms with E-state index in [9.17, 15) is 24.3 Å². The van der Waals surface area contributed by atoms with Gasteiger partial charge < -0.3 is 38.3 Å². The first-order valence-corrected chi connectivity index (χ1v) is 13.4. The van der Waals surface area contributed by atoms with E-state index in [2.05, 4.69) is 6.58 Å². The number of carbonyl (C=O) groups excluding carboxylic acids is 4. The van der Waals surface area contributed by atoms with E-state index in [0.717, 1.165) is 6.29 Å². The molecule has 0 bridgehead atoms. The molecule has 39 heavy (non-hydrogen) atoms. The zero-order valence-corrected chi connectivity index (χ0v) is 23.9. The Kier molecular flexibility index (Phi) is 12.1. The van der Waals surface area contributed by atoms with Crippen LogP contribution in [0.2, 0.25) is 0 Å². The summed E-state index contributed by atoms with van der Waals surface area (Å²) in [5.74, 6) is -3.57. The Hall–Kier alpha value is -2.34. The molecule has 2 saturated heterocycles. The van der Waals surface area contributed by atoms with Crippen LogP contribution < -0.4 is 0 Å². The maximum Gasteiger partial charge on any atom is 0.332 e. The van der Waals surface area contributed by atoms with E-state index in [1.54, 1.807) is 13.8 Å². The number of aldehydes is 1. The number of esters is 3. The van der Waals surface area contributed by atoms with Crippen LogP contribution in [0.15, 0.2) is 12.2 Å². The third-order valence-electron chi connectivity index (χ3n) is 7.10. The van der Waals surface area contributed by atoms with Crippen LogP contribution in [0, 0.1) is 11.8 Å². The van der Waals surface area contributed by atoms with Crippen LogP contribution in [0.25, 0.3) is 0 Å². The number of hydrogen-bond acceptors (Lipinski definition) is 11. The molecule has 2 aliphatic heterocycles. The van der Waals surface area contributed by atoms with Crippen LogP contribution >= 0.6 is 0 Å². The molecule has 1 spiro atoms. The Morgan fingerprint density at radius 1 is 1.13 bits per heavy atom. The van der Waals surface area contributed by atoms with Crippen molar-refractivity contribution in [1.29, 1.82) is 0 Å². The predicted molar refractivity (Wildman–Crippen MR) is 138 cm³/mol. The van der Waals surface area contributed by atoms with Gasteiger partial charge in [0.2, 0.25) is 0 Å². The van der Waals surface area contributed by atoms with Gasteiger partial charge in [0.15, 0.2) is 5.79 Å². The third-order valence-corrected chi connectivity index (χ3v) is 7.10. The van der Waals surface area contributed by atoms with Crippen LogP contribution in [0.4, 0.5) is 0 Å². The van der Waals surface area contributed by atoms with Gasteiger partial charge in [0, 0.05) is 64.9 Å². The second kappa shape index (κ2) is 14.3. The summed E-state index contributed by atoms with van der Waals surface area (Å²) in [6, 6.07) is 0. The number of hydrogen-bond donors (Lipinski definition) is 1. The first-order valence-electron chi connectivity index (χ1n) is 13.4. The van der Waals surface area contributed by atoms with Crippen LogP contribution in [0.1, 0.15) is 73.1 Å². The molecule has 2 aliphatic rings. The minimum atomic E-state index is -1.25. The van der Waals surface area contributed by atoms with Crippen molar-refractivity contribution in [3.05, 3.63) is 12.2 Å². The van der Waals surface area contributed by atoms with Gasteiger partial charge in [-0.2, -0.15) is 0 Å². The number of methoxy groups -OCH3 is 1. The summed E-state index contributed by atoms with van der Waals surface area (Å²) in [6.45, 7) is 11.9. The zero-order valence-electron chi connectivity index (χ0n) is 23.9. The lowest BCUT2D eigenvalue weighted by atomic mass is 9.79. The highest BCUT2D eigenvalue weighted by Crippen LogP contribution is 2.46. The summed E-state index contributed by atoms with van der Waals surface area (Å²) in [6.07, 6.45) is 0.275. The SMILES string of the molecule is C=C(C[C@H]1C[C@](C)(O)C[C@@]2(C[C@@H](OC(C)=O)C[C@H](CCOC(=O)COC)O2)O1)[C@@H](C)[C@H](OC(C)=O)[C@H](C)C=O. The van der Waals surface area contributed by atoms with Gasteiger partial charge in [-0.25, -0.2) is 4.79 Å². The Balaban J connectivity index is 2.19. The normalized spacial score (nSPS) is 31.0. The smallest absolute Gasteiger partial charge is 0.332 e.